The highest BCUT2D eigenvalue weighted by molar-refractivity contribution is 6.11. The zero-order valence-electron chi connectivity index (χ0n) is 24.9. The SMILES string of the molecule is [C-]#[N+]c1cccc(-c2cccc(-c3cccc(-n4c5ccccc5c5ccccc54)c3)c2)c1-n1c2ccccc2c2ccccc21. The molecule has 0 unspecified atom stereocenters. The highest BCUT2D eigenvalue weighted by Crippen LogP contribution is 2.41. The van der Waals surface area contributed by atoms with E-state index in [1.165, 1.54) is 32.6 Å². The molecule has 3 nitrogen and oxygen atoms in total. The summed E-state index contributed by atoms with van der Waals surface area (Å²) in [5, 5.41) is 4.87. The summed E-state index contributed by atoms with van der Waals surface area (Å²) in [5.41, 5.74) is 11.6. The van der Waals surface area contributed by atoms with E-state index in [1.807, 2.05) is 12.1 Å². The van der Waals surface area contributed by atoms with Gasteiger partial charge in [-0.2, -0.15) is 0 Å². The molecule has 9 rings (SSSR count). The van der Waals surface area contributed by atoms with Crippen LogP contribution in [0.3, 0.4) is 0 Å². The van der Waals surface area contributed by atoms with Crippen LogP contribution < -0.4 is 0 Å². The van der Waals surface area contributed by atoms with Gasteiger partial charge >= 0.3 is 0 Å². The molecule has 0 aliphatic rings. The Morgan fingerprint density at radius 2 is 0.848 bits per heavy atom. The molecule has 46 heavy (non-hydrogen) atoms. The molecule has 214 valence electrons. The highest BCUT2D eigenvalue weighted by Gasteiger charge is 2.19. The molecule has 9 aromatic rings. The lowest BCUT2D eigenvalue weighted by Crippen LogP contribution is -1.98. The van der Waals surface area contributed by atoms with Gasteiger partial charge < -0.3 is 9.13 Å². The van der Waals surface area contributed by atoms with E-state index >= 15 is 0 Å². The van der Waals surface area contributed by atoms with Gasteiger partial charge in [-0.1, -0.05) is 121 Å². The average molecular weight is 586 g/mol. The van der Waals surface area contributed by atoms with Crippen LogP contribution in [0.4, 0.5) is 5.69 Å². The smallest absolute Gasteiger partial charge is 0.211 e. The number of fused-ring (bicyclic) bond motifs is 6. The predicted octanol–water partition coefficient (Wildman–Crippen LogP) is 11.8. The Bertz CT molecular complexity index is 2560. The topological polar surface area (TPSA) is 14.2 Å². The van der Waals surface area contributed by atoms with Crippen molar-refractivity contribution < 1.29 is 0 Å². The minimum absolute atomic E-state index is 0.628. The summed E-state index contributed by atoms with van der Waals surface area (Å²) in [7, 11) is 0. The van der Waals surface area contributed by atoms with Crippen molar-refractivity contribution in [2.75, 3.05) is 0 Å². The summed E-state index contributed by atoms with van der Waals surface area (Å²) in [6.07, 6.45) is 0. The van der Waals surface area contributed by atoms with Gasteiger partial charge in [0.05, 0.1) is 34.3 Å². The molecule has 3 heteroatoms. The van der Waals surface area contributed by atoms with Crippen LogP contribution in [-0.2, 0) is 0 Å². The lowest BCUT2D eigenvalue weighted by Gasteiger charge is -2.17. The minimum atomic E-state index is 0.628. The van der Waals surface area contributed by atoms with Gasteiger partial charge in [0.25, 0.3) is 0 Å². The Hall–Kier alpha value is -6.37. The molecule has 7 aromatic carbocycles. The Kier molecular flexibility index (Phi) is 5.88. The summed E-state index contributed by atoms with van der Waals surface area (Å²) in [6, 6.07) is 57.7. The monoisotopic (exact) mass is 585 g/mol. The van der Waals surface area contributed by atoms with E-state index in [9.17, 15) is 0 Å². The van der Waals surface area contributed by atoms with Crippen LogP contribution in [0.2, 0.25) is 0 Å². The van der Waals surface area contributed by atoms with Crippen molar-refractivity contribution in [3.05, 3.63) is 175 Å². The van der Waals surface area contributed by atoms with Crippen molar-refractivity contribution in [1.82, 2.24) is 9.13 Å². The molecule has 0 bridgehead atoms. The van der Waals surface area contributed by atoms with E-state index in [0.717, 1.165) is 44.7 Å². The average Bonchev–Trinajstić information content (AvgIpc) is 3.64. The standard InChI is InChI=1S/C43H27N3/c1-44-38-22-12-21-33(43(38)46-41-25-8-4-19-36(41)37-20-5-9-26-42(37)46)31-15-10-13-29(27-31)30-14-11-16-32(28-30)45-39-23-6-2-17-34(39)35-18-3-7-24-40(35)45/h2-28H. The first-order chi connectivity index (χ1) is 22.8. The van der Waals surface area contributed by atoms with E-state index in [1.54, 1.807) is 0 Å². The third kappa shape index (κ3) is 3.91. The normalized spacial score (nSPS) is 11.5. The number of hydrogen-bond acceptors (Lipinski definition) is 0. The number of rotatable bonds is 4. The molecule has 0 fully saturated rings. The second-order valence-corrected chi connectivity index (χ2v) is 11.7. The minimum Gasteiger partial charge on any atom is -0.318 e. The van der Waals surface area contributed by atoms with Crippen LogP contribution >= 0.6 is 0 Å². The molecule has 0 N–H and O–H groups in total. The molecule has 0 amide bonds. The summed E-state index contributed by atoms with van der Waals surface area (Å²) in [6.45, 7) is 8.16. The molecule has 0 saturated heterocycles. The van der Waals surface area contributed by atoms with Crippen molar-refractivity contribution in [1.29, 1.82) is 0 Å². The van der Waals surface area contributed by atoms with Crippen molar-refractivity contribution >= 4 is 49.3 Å². The Morgan fingerprint density at radius 3 is 1.41 bits per heavy atom. The van der Waals surface area contributed by atoms with Crippen molar-refractivity contribution in [3.8, 4) is 33.6 Å². The zero-order valence-corrected chi connectivity index (χ0v) is 24.9. The van der Waals surface area contributed by atoms with Crippen LogP contribution in [-0.4, -0.2) is 9.13 Å². The Morgan fingerprint density at radius 1 is 0.391 bits per heavy atom. The van der Waals surface area contributed by atoms with Gasteiger partial charge in [-0.15, -0.1) is 0 Å². The predicted molar refractivity (Wildman–Crippen MR) is 192 cm³/mol. The van der Waals surface area contributed by atoms with E-state index in [2.05, 4.69) is 166 Å². The fourth-order valence-corrected chi connectivity index (χ4v) is 7.14. The van der Waals surface area contributed by atoms with Gasteiger partial charge in [-0.3, -0.25) is 0 Å². The van der Waals surface area contributed by atoms with Crippen molar-refractivity contribution in [2.45, 2.75) is 0 Å². The van der Waals surface area contributed by atoms with E-state index < -0.39 is 0 Å². The first-order valence-corrected chi connectivity index (χ1v) is 15.5. The van der Waals surface area contributed by atoms with Crippen LogP contribution in [0.5, 0.6) is 0 Å². The Labute approximate surface area is 266 Å². The molecule has 0 saturated carbocycles. The molecular weight excluding hydrogens is 558 g/mol. The van der Waals surface area contributed by atoms with Gasteiger partial charge in [0.2, 0.25) is 5.69 Å². The maximum atomic E-state index is 8.16. The summed E-state index contributed by atoms with van der Waals surface area (Å²) in [4.78, 5) is 4.02. The zero-order chi connectivity index (χ0) is 30.6. The number of aromatic nitrogens is 2. The molecule has 0 spiro atoms. The third-order valence-electron chi connectivity index (χ3n) is 9.13. The first kappa shape index (κ1) is 26.1. The first-order valence-electron chi connectivity index (χ1n) is 15.5. The molecule has 0 aliphatic heterocycles. The molecule has 2 aromatic heterocycles. The van der Waals surface area contributed by atoms with Crippen LogP contribution in [0.1, 0.15) is 0 Å². The summed E-state index contributed by atoms with van der Waals surface area (Å²) in [5.74, 6) is 0. The Balaban J connectivity index is 1.23. The number of hydrogen-bond donors (Lipinski definition) is 0. The van der Waals surface area contributed by atoms with Gasteiger partial charge in [0, 0.05) is 27.2 Å². The quantitative estimate of drug-likeness (QED) is 0.182. The van der Waals surface area contributed by atoms with E-state index in [0.29, 0.717) is 5.69 Å². The lowest BCUT2D eigenvalue weighted by atomic mass is 9.97. The van der Waals surface area contributed by atoms with Gasteiger partial charge in [-0.05, 0) is 64.7 Å². The number of benzene rings is 7. The van der Waals surface area contributed by atoms with Crippen molar-refractivity contribution in [2.24, 2.45) is 0 Å². The highest BCUT2D eigenvalue weighted by atomic mass is 15.0. The van der Waals surface area contributed by atoms with Gasteiger partial charge in [0.15, 0.2) is 0 Å². The van der Waals surface area contributed by atoms with Gasteiger partial charge in [-0.25, -0.2) is 4.85 Å². The molecule has 0 aliphatic carbocycles. The maximum absolute atomic E-state index is 8.16. The van der Waals surface area contributed by atoms with Crippen LogP contribution in [0.15, 0.2) is 164 Å². The van der Waals surface area contributed by atoms with E-state index in [-0.39, 0.29) is 0 Å². The lowest BCUT2D eigenvalue weighted by molar-refractivity contribution is 1.18. The van der Waals surface area contributed by atoms with Gasteiger partial charge in [0.1, 0.15) is 0 Å². The summed E-state index contributed by atoms with van der Waals surface area (Å²) >= 11 is 0. The number of nitrogens with zero attached hydrogens (tertiary/aromatic N) is 3. The largest absolute Gasteiger partial charge is 0.318 e. The van der Waals surface area contributed by atoms with Crippen LogP contribution in [0, 0.1) is 6.57 Å². The summed E-state index contributed by atoms with van der Waals surface area (Å²) < 4.78 is 4.63. The maximum Gasteiger partial charge on any atom is 0.211 e. The fraction of sp³-hybridized carbons (Fsp3) is 0. The molecule has 2 heterocycles. The molecular formula is C43H27N3. The molecule has 0 atom stereocenters. The second kappa shape index (κ2) is 10.4. The second-order valence-electron chi connectivity index (χ2n) is 11.7. The van der Waals surface area contributed by atoms with E-state index in [4.69, 9.17) is 6.57 Å². The number of para-hydroxylation sites is 5. The van der Waals surface area contributed by atoms with Crippen molar-refractivity contribution in [3.63, 3.8) is 0 Å². The third-order valence-corrected chi connectivity index (χ3v) is 9.13. The molecule has 0 radical (unpaired) electrons. The van der Waals surface area contributed by atoms with Crippen LogP contribution in [0.25, 0.3) is 82.1 Å². The fourth-order valence-electron chi connectivity index (χ4n) is 7.14.